The van der Waals surface area contributed by atoms with Crippen molar-refractivity contribution >= 4 is 27.1 Å². The molecule has 0 bridgehead atoms. The van der Waals surface area contributed by atoms with Crippen LogP contribution in [0.5, 0.6) is 0 Å². The standard InChI is InChI=1S/C10H10BrFN4/c11-8-2-1-6-9(15-8)16-10(14-6)7-3-5(12)4-13-7/h1-2,5,7,13H,3-4H2,(H,14,15,16)/t5-,7+/m1/s1. The summed E-state index contributed by atoms with van der Waals surface area (Å²) in [5, 5.41) is 3.09. The van der Waals surface area contributed by atoms with E-state index in [1.807, 2.05) is 12.1 Å². The minimum atomic E-state index is -0.780. The first-order chi connectivity index (χ1) is 7.72. The first-order valence-corrected chi connectivity index (χ1v) is 5.91. The van der Waals surface area contributed by atoms with Crippen molar-refractivity contribution in [2.24, 2.45) is 0 Å². The molecule has 0 aromatic carbocycles. The van der Waals surface area contributed by atoms with Crippen LogP contribution in [-0.4, -0.2) is 27.7 Å². The second-order valence-electron chi connectivity index (χ2n) is 3.92. The number of nitrogens with zero attached hydrogens (tertiary/aromatic N) is 2. The highest BCUT2D eigenvalue weighted by atomic mass is 79.9. The molecule has 1 fully saturated rings. The van der Waals surface area contributed by atoms with Gasteiger partial charge in [-0.2, -0.15) is 0 Å². The summed E-state index contributed by atoms with van der Waals surface area (Å²) in [5.74, 6) is 0.765. The van der Waals surface area contributed by atoms with Crippen molar-refractivity contribution in [1.29, 1.82) is 0 Å². The molecule has 1 aliphatic rings. The van der Waals surface area contributed by atoms with E-state index in [4.69, 9.17) is 0 Å². The van der Waals surface area contributed by atoms with Crippen molar-refractivity contribution in [3.63, 3.8) is 0 Å². The highest BCUT2D eigenvalue weighted by molar-refractivity contribution is 9.10. The monoisotopic (exact) mass is 284 g/mol. The number of rotatable bonds is 1. The van der Waals surface area contributed by atoms with Gasteiger partial charge < -0.3 is 10.3 Å². The molecule has 0 amide bonds. The first kappa shape index (κ1) is 10.2. The molecule has 0 radical (unpaired) electrons. The number of pyridine rings is 1. The van der Waals surface area contributed by atoms with Gasteiger partial charge in [-0.1, -0.05) is 0 Å². The molecule has 0 spiro atoms. The Morgan fingerprint density at radius 1 is 1.38 bits per heavy atom. The lowest BCUT2D eigenvalue weighted by molar-refractivity contribution is 0.355. The summed E-state index contributed by atoms with van der Waals surface area (Å²) >= 11 is 3.29. The van der Waals surface area contributed by atoms with Gasteiger partial charge in [0.2, 0.25) is 0 Å². The van der Waals surface area contributed by atoms with E-state index >= 15 is 0 Å². The van der Waals surface area contributed by atoms with E-state index in [1.165, 1.54) is 0 Å². The first-order valence-electron chi connectivity index (χ1n) is 5.12. The summed E-state index contributed by atoms with van der Waals surface area (Å²) in [6.45, 7) is 0.402. The molecule has 6 heteroatoms. The molecular formula is C10H10BrFN4. The molecule has 1 saturated heterocycles. The van der Waals surface area contributed by atoms with Crippen LogP contribution in [0.2, 0.25) is 0 Å². The topological polar surface area (TPSA) is 53.6 Å². The maximum absolute atomic E-state index is 13.1. The number of alkyl halides is 1. The minimum absolute atomic E-state index is 0.0250. The fraction of sp³-hybridized carbons (Fsp3) is 0.400. The van der Waals surface area contributed by atoms with Crippen LogP contribution in [0, 0.1) is 0 Å². The Kier molecular flexibility index (Phi) is 2.40. The van der Waals surface area contributed by atoms with E-state index in [0.29, 0.717) is 18.6 Å². The molecule has 4 nitrogen and oxygen atoms in total. The van der Waals surface area contributed by atoms with Crippen LogP contribution in [0.3, 0.4) is 0 Å². The Morgan fingerprint density at radius 3 is 3.00 bits per heavy atom. The molecule has 3 rings (SSSR count). The Bertz CT molecular complexity index is 527. The molecule has 2 aromatic heterocycles. The van der Waals surface area contributed by atoms with Crippen molar-refractivity contribution < 1.29 is 4.39 Å². The Labute approximate surface area is 99.8 Å². The third-order valence-electron chi connectivity index (χ3n) is 2.74. The van der Waals surface area contributed by atoms with Gasteiger partial charge in [0.25, 0.3) is 0 Å². The summed E-state index contributed by atoms with van der Waals surface area (Å²) in [6.07, 6.45) is -0.307. The van der Waals surface area contributed by atoms with E-state index in [9.17, 15) is 4.39 Å². The number of halogens is 2. The number of aromatic nitrogens is 3. The predicted molar refractivity (Wildman–Crippen MR) is 61.8 cm³/mol. The number of nitrogens with one attached hydrogen (secondary N) is 2. The zero-order valence-electron chi connectivity index (χ0n) is 8.37. The summed E-state index contributed by atoms with van der Waals surface area (Å²) in [4.78, 5) is 11.8. The van der Waals surface area contributed by atoms with Crippen LogP contribution >= 0.6 is 15.9 Å². The predicted octanol–water partition coefficient (Wildman–Crippen LogP) is 2.09. The van der Waals surface area contributed by atoms with Gasteiger partial charge in [0.1, 0.15) is 16.6 Å². The Balaban J connectivity index is 1.99. The van der Waals surface area contributed by atoms with Crippen LogP contribution in [0.4, 0.5) is 4.39 Å². The van der Waals surface area contributed by atoms with Crippen LogP contribution < -0.4 is 5.32 Å². The van der Waals surface area contributed by atoms with Crippen molar-refractivity contribution in [1.82, 2.24) is 20.3 Å². The average Bonchev–Trinajstić information content (AvgIpc) is 2.83. The van der Waals surface area contributed by atoms with Gasteiger partial charge in [0, 0.05) is 13.0 Å². The fourth-order valence-corrected chi connectivity index (χ4v) is 2.25. The average molecular weight is 285 g/mol. The quantitative estimate of drug-likeness (QED) is 0.789. The van der Waals surface area contributed by atoms with Gasteiger partial charge in [-0.15, -0.1) is 0 Å². The number of imidazole rings is 1. The van der Waals surface area contributed by atoms with Gasteiger partial charge in [-0.3, -0.25) is 0 Å². The lowest BCUT2D eigenvalue weighted by Crippen LogP contribution is -2.14. The smallest absolute Gasteiger partial charge is 0.178 e. The van der Waals surface area contributed by atoms with E-state index < -0.39 is 6.17 Å². The number of H-pyrrole nitrogens is 1. The van der Waals surface area contributed by atoms with Gasteiger partial charge in [-0.05, 0) is 28.1 Å². The lowest BCUT2D eigenvalue weighted by atomic mass is 10.2. The Morgan fingerprint density at radius 2 is 2.25 bits per heavy atom. The molecular weight excluding hydrogens is 275 g/mol. The van der Waals surface area contributed by atoms with Gasteiger partial charge in [0.15, 0.2) is 5.65 Å². The van der Waals surface area contributed by atoms with Crippen molar-refractivity contribution in [3.05, 3.63) is 22.6 Å². The van der Waals surface area contributed by atoms with E-state index in [2.05, 4.69) is 36.2 Å². The highest BCUT2D eigenvalue weighted by Gasteiger charge is 2.27. The second-order valence-corrected chi connectivity index (χ2v) is 4.73. The molecule has 2 aromatic rings. The van der Waals surface area contributed by atoms with Crippen molar-refractivity contribution in [2.75, 3.05) is 6.54 Å². The molecule has 16 heavy (non-hydrogen) atoms. The fourth-order valence-electron chi connectivity index (χ4n) is 1.95. The van der Waals surface area contributed by atoms with E-state index in [1.54, 1.807) is 0 Å². The zero-order chi connectivity index (χ0) is 11.1. The second kappa shape index (κ2) is 3.78. The molecule has 2 N–H and O–H groups in total. The van der Waals surface area contributed by atoms with Crippen LogP contribution in [0.25, 0.3) is 11.2 Å². The van der Waals surface area contributed by atoms with Gasteiger partial charge >= 0.3 is 0 Å². The summed E-state index contributed by atoms with van der Waals surface area (Å²) in [5.41, 5.74) is 1.54. The normalized spacial score (nSPS) is 25.4. The molecule has 0 aliphatic carbocycles. The van der Waals surface area contributed by atoms with Gasteiger partial charge in [0.05, 0.1) is 11.6 Å². The maximum atomic E-state index is 13.1. The third kappa shape index (κ3) is 1.72. The van der Waals surface area contributed by atoms with Crippen LogP contribution in [0.15, 0.2) is 16.7 Å². The largest absolute Gasteiger partial charge is 0.339 e. The third-order valence-corrected chi connectivity index (χ3v) is 3.18. The SMILES string of the molecule is F[C@H]1CN[C@H](c2nc3nc(Br)ccc3[nH]2)C1. The molecule has 0 unspecified atom stereocenters. The maximum Gasteiger partial charge on any atom is 0.178 e. The van der Waals surface area contributed by atoms with E-state index in [0.717, 1.165) is 15.9 Å². The summed E-state index contributed by atoms with van der Waals surface area (Å²) in [6, 6.07) is 3.73. The van der Waals surface area contributed by atoms with Crippen LogP contribution in [-0.2, 0) is 0 Å². The molecule has 1 aliphatic heterocycles. The number of hydrogen-bond donors (Lipinski definition) is 2. The summed E-state index contributed by atoms with van der Waals surface area (Å²) < 4.78 is 13.8. The lowest BCUT2D eigenvalue weighted by Gasteiger charge is -2.03. The zero-order valence-corrected chi connectivity index (χ0v) is 9.96. The Hall–Kier alpha value is -1.01. The number of hydrogen-bond acceptors (Lipinski definition) is 3. The van der Waals surface area contributed by atoms with Crippen molar-refractivity contribution in [2.45, 2.75) is 18.6 Å². The van der Waals surface area contributed by atoms with Gasteiger partial charge in [-0.25, -0.2) is 14.4 Å². The van der Waals surface area contributed by atoms with Crippen LogP contribution in [0.1, 0.15) is 18.3 Å². The minimum Gasteiger partial charge on any atom is -0.339 e. The molecule has 84 valence electrons. The highest BCUT2D eigenvalue weighted by Crippen LogP contribution is 2.24. The number of fused-ring (bicyclic) bond motifs is 1. The number of aromatic amines is 1. The van der Waals surface area contributed by atoms with E-state index in [-0.39, 0.29) is 6.04 Å². The summed E-state index contributed by atoms with van der Waals surface area (Å²) in [7, 11) is 0. The van der Waals surface area contributed by atoms with Crippen molar-refractivity contribution in [3.8, 4) is 0 Å². The molecule has 0 saturated carbocycles. The molecule has 2 atom stereocenters. The molecule has 3 heterocycles.